The van der Waals surface area contributed by atoms with Crippen LogP contribution in [0.4, 0.5) is 0 Å². The van der Waals surface area contributed by atoms with Gasteiger partial charge in [-0.3, -0.25) is 0 Å². The third-order valence-electron chi connectivity index (χ3n) is 2.96. The number of ether oxygens (including phenoxy) is 2. The number of rotatable bonds is 7. The zero-order valence-electron chi connectivity index (χ0n) is 11.9. The number of aromatic nitrogens is 2. The van der Waals surface area contributed by atoms with Gasteiger partial charge in [-0.2, -0.15) is 0 Å². The summed E-state index contributed by atoms with van der Waals surface area (Å²) in [7, 11) is 1.92. The van der Waals surface area contributed by atoms with Crippen molar-refractivity contribution in [3.63, 3.8) is 0 Å². The van der Waals surface area contributed by atoms with Crippen LogP contribution in [0.5, 0.6) is 11.5 Å². The van der Waals surface area contributed by atoms with E-state index < -0.39 is 0 Å². The average molecular weight is 276 g/mol. The SMILES string of the molecule is CCCOc1ccc(CO)c(OCc2nccn2C)c1. The molecule has 0 unspecified atom stereocenters. The third-order valence-corrected chi connectivity index (χ3v) is 2.96. The van der Waals surface area contributed by atoms with Gasteiger partial charge in [-0.1, -0.05) is 6.92 Å². The minimum absolute atomic E-state index is 0.0655. The summed E-state index contributed by atoms with van der Waals surface area (Å²) in [5.41, 5.74) is 0.739. The topological polar surface area (TPSA) is 56.5 Å². The number of aryl methyl sites for hydroxylation is 1. The molecule has 0 saturated heterocycles. The first-order valence-electron chi connectivity index (χ1n) is 6.70. The van der Waals surface area contributed by atoms with Crippen LogP contribution in [0, 0.1) is 0 Å². The molecule has 1 heterocycles. The molecule has 2 aromatic rings. The minimum atomic E-state index is -0.0655. The second-order valence-corrected chi connectivity index (χ2v) is 4.52. The van der Waals surface area contributed by atoms with Gasteiger partial charge in [-0.15, -0.1) is 0 Å². The predicted molar refractivity (Wildman–Crippen MR) is 75.7 cm³/mol. The summed E-state index contributed by atoms with van der Waals surface area (Å²) < 4.78 is 13.2. The molecule has 0 bridgehead atoms. The van der Waals surface area contributed by atoms with E-state index >= 15 is 0 Å². The Labute approximate surface area is 118 Å². The van der Waals surface area contributed by atoms with E-state index in [-0.39, 0.29) is 6.61 Å². The highest BCUT2D eigenvalue weighted by atomic mass is 16.5. The van der Waals surface area contributed by atoms with Gasteiger partial charge in [0.2, 0.25) is 0 Å². The molecule has 1 N–H and O–H groups in total. The Bertz CT molecular complexity index is 552. The molecule has 20 heavy (non-hydrogen) atoms. The van der Waals surface area contributed by atoms with Crippen molar-refractivity contribution in [3.05, 3.63) is 42.0 Å². The monoisotopic (exact) mass is 276 g/mol. The number of benzene rings is 1. The van der Waals surface area contributed by atoms with Crippen molar-refractivity contribution in [2.75, 3.05) is 6.61 Å². The summed E-state index contributed by atoms with van der Waals surface area (Å²) in [6, 6.07) is 5.47. The van der Waals surface area contributed by atoms with Crippen LogP contribution in [-0.4, -0.2) is 21.3 Å². The van der Waals surface area contributed by atoms with E-state index in [0.29, 0.717) is 19.0 Å². The van der Waals surface area contributed by atoms with Gasteiger partial charge in [0.05, 0.1) is 13.2 Å². The molecule has 0 radical (unpaired) electrons. The molecule has 2 rings (SSSR count). The maximum atomic E-state index is 9.36. The molecule has 0 fully saturated rings. The summed E-state index contributed by atoms with van der Waals surface area (Å²) in [4.78, 5) is 4.20. The normalized spacial score (nSPS) is 10.6. The molecule has 5 nitrogen and oxygen atoms in total. The maximum Gasteiger partial charge on any atom is 0.146 e. The van der Waals surface area contributed by atoms with Crippen LogP contribution in [0.15, 0.2) is 30.6 Å². The Morgan fingerprint density at radius 2 is 2.15 bits per heavy atom. The van der Waals surface area contributed by atoms with Crippen LogP contribution in [0.2, 0.25) is 0 Å². The van der Waals surface area contributed by atoms with Crippen LogP contribution >= 0.6 is 0 Å². The summed E-state index contributed by atoms with van der Waals surface area (Å²) >= 11 is 0. The molecule has 0 aliphatic carbocycles. The lowest BCUT2D eigenvalue weighted by Gasteiger charge is -2.12. The Balaban J connectivity index is 2.09. The number of imidazole rings is 1. The van der Waals surface area contributed by atoms with Gasteiger partial charge in [0.25, 0.3) is 0 Å². The lowest BCUT2D eigenvalue weighted by Crippen LogP contribution is -2.05. The molecule has 0 amide bonds. The van der Waals surface area contributed by atoms with E-state index in [1.54, 1.807) is 6.20 Å². The molecule has 108 valence electrons. The van der Waals surface area contributed by atoms with Crippen LogP contribution in [0.1, 0.15) is 24.7 Å². The van der Waals surface area contributed by atoms with Crippen LogP contribution in [0.25, 0.3) is 0 Å². The molecule has 5 heteroatoms. The first-order valence-corrected chi connectivity index (χ1v) is 6.70. The Morgan fingerprint density at radius 3 is 2.80 bits per heavy atom. The highest BCUT2D eigenvalue weighted by Crippen LogP contribution is 2.26. The van der Waals surface area contributed by atoms with Crippen LogP contribution in [-0.2, 0) is 20.3 Å². The van der Waals surface area contributed by atoms with Gasteiger partial charge >= 0.3 is 0 Å². The fourth-order valence-electron chi connectivity index (χ4n) is 1.79. The molecule has 1 aromatic heterocycles. The second kappa shape index (κ2) is 6.96. The summed E-state index contributed by atoms with van der Waals surface area (Å²) in [6.07, 6.45) is 4.55. The van der Waals surface area contributed by atoms with Gasteiger partial charge < -0.3 is 19.1 Å². The van der Waals surface area contributed by atoms with Crippen LogP contribution in [0.3, 0.4) is 0 Å². The van der Waals surface area contributed by atoms with E-state index in [2.05, 4.69) is 11.9 Å². The zero-order valence-corrected chi connectivity index (χ0v) is 11.9. The van der Waals surface area contributed by atoms with Crippen molar-refractivity contribution in [1.29, 1.82) is 0 Å². The fraction of sp³-hybridized carbons (Fsp3) is 0.400. The standard InChI is InChI=1S/C15H20N2O3/c1-3-8-19-13-5-4-12(10-18)14(9-13)20-11-15-16-6-7-17(15)2/h4-7,9,18H,3,8,10-11H2,1-2H3. The fourth-order valence-corrected chi connectivity index (χ4v) is 1.79. The highest BCUT2D eigenvalue weighted by Gasteiger charge is 2.07. The van der Waals surface area contributed by atoms with Gasteiger partial charge in [0.15, 0.2) is 0 Å². The zero-order chi connectivity index (χ0) is 14.4. The van der Waals surface area contributed by atoms with E-state index in [1.807, 2.05) is 36.0 Å². The number of hydrogen-bond acceptors (Lipinski definition) is 4. The second-order valence-electron chi connectivity index (χ2n) is 4.52. The van der Waals surface area contributed by atoms with Crippen molar-refractivity contribution in [3.8, 4) is 11.5 Å². The van der Waals surface area contributed by atoms with Gasteiger partial charge in [0, 0.05) is 31.1 Å². The van der Waals surface area contributed by atoms with Crippen molar-refractivity contribution in [2.45, 2.75) is 26.6 Å². The molecular weight excluding hydrogens is 256 g/mol. The molecule has 1 aromatic carbocycles. The Hall–Kier alpha value is -2.01. The van der Waals surface area contributed by atoms with E-state index in [4.69, 9.17) is 9.47 Å². The van der Waals surface area contributed by atoms with Crippen molar-refractivity contribution >= 4 is 0 Å². The van der Waals surface area contributed by atoms with E-state index in [0.717, 1.165) is 23.6 Å². The van der Waals surface area contributed by atoms with Gasteiger partial charge in [-0.25, -0.2) is 4.98 Å². The van der Waals surface area contributed by atoms with Gasteiger partial charge in [0.1, 0.15) is 23.9 Å². The quantitative estimate of drug-likeness (QED) is 0.843. The summed E-state index contributed by atoms with van der Waals surface area (Å²) in [5, 5.41) is 9.36. The number of nitrogens with zero attached hydrogens (tertiary/aromatic N) is 2. The van der Waals surface area contributed by atoms with Crippen molar-refractivity contribution in [2.24, 2.45) is 7.05 Å². The first-order chi connectivity index (χ1) is 9.74. The summed E-state index contributed by atoms with van der Waals surface area (Å²) in [6.45, 7) is 3.01. The number of aliphatic hydroxyl groups excluding tert-OH is 1. The highest BCUT2D eigenvalue weighted by molar-refractivity contribution is 5.40. The minimum Gasteiger partial charge on any atom is -0.493 e. The van der Waals surface area contributed by atoms with E-state index in [1.165, 1.54) is 0 Å². The molecule has 0 aliphatic rings. The number of aliphatic hydroxyl groups is 1. The first kappa shape index (κ1) is 14.4. The maximum absolute atomic E-state index is 9.36. The Morgan fingerprint density at radius 1 is 1.30 bits per heavy atom. The number of hydrogen-bond donors (Lipinski definition) is 1. The van der Waals surface area contributed by atoms with Crippen molar-refractivity contribution in [1.82, 2.24) is 9.55 Å². The Kier molecular flexibility index (Phi) is 5.01. The summed E-state index contributed by atoms with van der Waals surface area (Å²) in [5.74, 6) is 2.21. The average Bonchev–Trinajstić information content (AvgIpc) is 2.88. The molecule has 0 aliphatic heterocycles. The van der Waals surface area contributed by atoms with Gasteiger partial charge in [-0.05, 0) is 18.6 Å². The lowest BCUT2D eigenvalue weighted by atomic mass is 10.2. The molecule has 0 atom stereocenters. The predicted octanol–water partition coefficient (Wildman–Crippen LogP) is 2.28. The molecule has 0 spiro atoms. The lowest BCUT2D eigenvalue weighted by molar-refractivity contribution is 0.251. The van der Waals surface area contributed by atoms with E-state index in [9.17, 15) is 5.11 Å². The molecule has 0 saturated carbocycles. The molecular formula is C15H20N2O3. The van der Waals surface area contributed by atoms with Crippen molar-refractivity contribution < 1.29 is 14.6 Å². The largest absolute Gasteiger partial charge is 0.493 e. The smallest absolute Gasteiger partial charge is 0.146 e. The third kappa shape index (κ3) is 3.51. The van der Waals surface area contributed by atoms with Crippen LogP contribution < -0.4 is 9.47 Å².